The van der Waals surface area contributed by atoms with Gasteiger partial charge in [0.05, 0.1) is 13.7 Å². The predicted octanol–water partition coefficient (Wildman–Crippen LogP) is 3.37. The lowest BCUT2D eigenvalue weighted by atomic mass is 10.3. The van der Waals surface area contributed by atoms with Gasteiger partial charge in [-0.25, -0.2) is 4.39 Å². The Morgan fingerprint density at radius 1 is 1.04 bits per heavy atom. The Balaban J connectivity index is 1.45. The lowest BCUT2D eigenvalue weighted by Crippen LogP contribution is -2.16. The number of nitrogens with zero attached hydrogens (tertiary/aromatic N) is 2. The van der Waals surface area contributed by atoms with Gasteiger partial charge >= 0.3 is 0 Å². The zero-order chi connectivity index (χ0) is 19.8. The summed E-state index contributed by atoms with van der Waals surface area (Å²) in [6.07, 6.45) is 0. The van der Waals surface area contributed by atoms with Gasteiger partial charge in [-0.05, 0) is 54.6 Å². The molecule has 1 amide bonds. The molecule has 0 unspecified atom stereocenters. The van der Waals surface area contributed by atoms with E-state index in [2.05, 4.69) is 20.8 Å². The maximum absolute atomic E-state index is 13.2. The molecule has 3 aromatic rings. The van der Waals surface area contributed by atoms with Gasteiger partial charge in [-0.2, -0.15) is 0 Å². The predicted molar refractivity (Wildman–Crippen MR) is 103 cm³/mol. The summed E-state index contributed by atoms with van der Waals surface area (Å²) in [4.78, 5) is 12.1. The van der Waals surface area contributed by atoms with Crippen LogP contribution < -0.4 is 20.1 Å². The van der Waals surface area contributed by atoms with Crippen LogP contribution in [0.15, 0.2) is 60.7 Å². The third-order valence-corrected chi connectivity index (χ3v) is 3.72. The van der Waals surface area contributed by atoms with Crippen molar-refractivity contribution in [1.82, 2.24) is 10.2 Å². The first kappa shape index (κ1) is 19.1. The Bertz CT molecular complexity index is 917. The molecular formula is C20H19FN4O3. The van der Waals surface area contributed by atoms with Crippen LogP contribution in [0.3, 0.4) is 0 Å². The summed E-state index contributed by atoms with van der Waals surface area (Å²) in [6, 6.07) is 16.1. The molecule has 0 fully saturated rings. The molecule has 28 heavy (non-hydrogen) atoms. The van der Waals surface area contributed by atoms with Crippen LogP contribution in [0.4, 0.5) is 15.9 Å². The largest absolute Gasteiger partial charge is 0.497 e. The van der Waals surface area contributed by atoms with Crippen LogP contribution >= 0.6 is 0 Å². The van der Waals surface area contributed by atoms with E-state index in [1.54, 1.807) is 19.2 Å². The molecule has 3 rings (SSSR count). The number of anilines is 2. The molecule has 1 aromatic heterocycles. The van der Waals surface area contributed by atoms with Gasteiger partial charge in [0.15, 0.2) is 5.69 Å². The highest BCUT2D eigenvalue weighted by molar-refractivity contribution is 6.02. The van der Waals surface area contributed by atoms with E-state index in [1.165, 1.54) is 24.3 Å². The number of benzene rings is 2. The normalized spacial score (nSPS) is 10.2. The van der Waals surface area contributed by atoms with E-state index in [1.807, 2.05) is 24.3 Å². The van der Waals surface area contributed by atoms with Gasteiger partial charge in [0.25, 0.3) is 5.91 Å². The quantitative estimate of drug-likeness (QED) is 0.581. The molecule has 2 N–H and O–H groups in total. The van der Waals surface area contributed by atoms with Crippen LogP contribution in [0.1, 0.15) is 10.5 Å². The van der Waals surface area contributed by atoms with Crippen molar-refractivity contribution < 1.29 is 18.7 Å². The number of carbonyl (C=O) groups is 1. The van der Waals surface area contributed by atoms with Gasteiger partial charge in [0.1, 0.15) is 29.7 Å². The van der Waals surface area contributed by atoms with Crippen LogP contribution in [0.2, 0.25) is 0 Å². The molecule has 2 aromatic carbocycles. The van der Waals surface area contributed by atoms with Gasteiger partial charge in [-0.1, -0.05) is 6.07 Å². The number of halogens is 1. The van der Waals surface area contributed by atoms with Crippen molar-refractivity contribution in [3.05, 3.63) is 72.2 Å². The van der Waals surface area contributed by atoms with E-state index >= 15 is 0 Å². The maximum Gasteiger partial charge on any atom is 0.276 e. The van der Waals surface area contributed by atoms with Crippen molar-refractivity contribution in [2.75, 3.05) is 30.9 Å². The number of aromatic nitrogens is 2. The Labute approximate surface area is 161 Å². The summed E-state index contributed by atoms with van der Waals surface area (Å²) in [5.41, 5.74) is 0.481. The third-order valence-electron chi connectivity index (χ3n) is 3.72. The van der Waals surface area contributed by atoms with Crippen LogP contribution in [-0.4, -0.2) is 36.4 Å². The minimum atomic E-state index is -0.465. The number of nitrogens with one attached hydrogen (secondary N) is 2. The number of rotatable bonds is 8. The Morgan fingerprint density at radius 2 is 1.82 bits per heavy atom. The molecule has 8 heteroatoms. The highest BCUT2D eigenvalue weighted by Gasteiger charge is 2.09. The first-order valence-electron chi connectivity index (χ1n) is 8.55. The summed E-state index contributed by atoms with van der Waals surface area (Å²) in [6.45, 7) is 0.936. The van der Waals surface area contributed by atoms with Crippen LogP contribution in [0, 0.1) is 5.82 Å². The summed E-state index contributed by atoms with van der Waals surface area (Å²) in [5, 5.41) is 13.5. The lowest BCUT2D eigenvalue weighted by Gasteiger charge is -2.09. The fraction of sp³-hybridized carbons (Fsp3) is 0.150. The molecule has 0 saturated heterocycles. The van der Waals surface area contributed by atoms with Gasteiger partial charge < -0.3 is 20.1 Å². The third kappa shape index (κ3) is 5.41. The standard InChI is InChI=1S/C20H19FN4O3/c1-27-16-5-7-17(8-6-16)28-12-11-22-19-10-9-18(24-25-19)20(26)23-15-4-2-3-14(21)13-15/h2-10,13H,11-12H2,1H3,(H,22,25)(H,23,26). The molecule has 144 valence electrons. The fourth-order valence-electron chi connectivity index (χ4n) is 2.33. The minimum Gasteiger partial charge on any atom is -0.497 e. The summed E-state index contributed by atoms with van der Waals surface area (Å²) in [5.74, 6) is 1.12. The average molecular weight is 382 g/mol. The van der Waals surface area contributed by atoms with E-state index in [0.717, 1.165) is 11.5 Å². The van der Waals surface area contributed by atoms with Gasteiger partial charge in [-0.3, -0.25) is 4.79 Å². The molecule has 0 aliphatic rings. The summed E-state index contributed by atoms with van der Waals surface area (Å²) < 4.78 is 23.9. The lowest BCUT2D eigenvalue weighted by molar-refractivity contribution is 0.102. The highest BCUT2D eigenvalue weighted by Crippen LogP contribution is 2.17. The SMILES string of the molecule is COc1ccc(OCCNc2ccc(C(=O)Nc3cccc(F)c3)nn2)cc1. The molecule has 0 spiro atoms. The van der Waals surface area contributed by atoms with Crippen molar-refractivity contribution in [3.63, 3.8) is 0 Å². The zero-order valence-corrected chi connectivity index (χ0v) is 15.2. The molecule has 0 aliphatic carbocycles. The van der Waals surface area contributed by atoms with Crippen LogP contribution in [0.5, 0.6) is 11.5 Å². The Kier molecular flexibility index (Phi) is 6.35. The molecule has 7 nitrogen and oxygen atoms in total. The first-order chi connectivity index (χ1) is 13.6. The number of ether oxygens (including phenoxy) is 2. The topological polar surface area (TPSA) is 85.4 Å². The summed E-state index contributed by atoms with van der Waals surface area (Å²) >= 11 is 0. The van der Waals surface area contributed by atoms with Crippen molar-refractivity contribution in [2.24, 2.45) is 0 Å². The monoisotopic (exact) mass is 382 g/mol. The fourth-order valence-corrected chi connectivity index (χ4v) is 2.33. The van der Waals surface area contributed by atoms with Crippen LogP contribution in [-0.2, 0) is 0 Å². The van der Waals surface area contributed by atoms with E-state index in [-0.39, 0.29) is 5.69 Å². The number of hydrogen-bond acceptors (Lipinski definition) is 6. The Hall–Kier alpha value is -3.68. The molecule has 1 heterocycles. The molecular weight excluding hydrogens is 363 g/mol. The van der Waals surface area contributed by atoms with Crippen LogP contribution in [0.25, 0.3) is 0 Å². The van der Waals surface area contributed by atoms with Gasteiger partial charge in [-0.15, -0.1) is 10.2 Å². The first-order valence-corrected chi connectivity index (χ1v) is 8.55. The smallest absolute Gasteiger partial charge is 0.276 e. The molecule has 0 saturated carbocycles. The second-order valence-corrected chi connectivity index (χ2v) is 5.72. The number of hydrogen-bond donors (Lipinski definition) is 2. The molecule has 0 radical (unpaired) electrons. The number of carbonyl (C=O) groups excluding carboxylic acids is 1. The minimum absolute atomic E-state index is 0.129. The molecule has 0 bridgehead atoms. The van der Waals surface area contributed by atoms with E-state index < -0.39 is 11.7 Å². The van der Waals surface area contributed by atoms with Crippen molar-refractivity contribution in [1.29, 1.82) is 0 Å². The van der Waals surface area contributed by atoms with Crippen molar-refractivity contribution >= 4 is 17.4 Å². The Morgan fingerprint density at radius 3 is 2.50 bits per heavy atom. The molecule has 0 aliphatic heterocycles. The van der Waals surface area contributed by atoms with E-state index in [0.29, 0.717) is 24.7 Å². The second-order valence-electron chi connectivity index (χ2n) is 5.72. The highest BCUT2D eigenvalue weighted by atomic mass is 19.1. The van der Waals surface area contributed by atoms with Crippen molar-refractivity contribution in [2.45, 2.75) is 0 Å². The van der Waals surface area contributed by atoms with Gasteiger partial charge in [0, 0.05) is 5.69 Å². The van der Waals surface area contributed by atoms with Crippen molar-refractivity contribution in [3.8, 4) is 11.5 Å². The average Bonchev–Trinajstić information content (AvgIpc) is 2.72. The second kappa shape index (κ2) is 9.31. The zero-order valence-electron chi connectivity index (χ0n) is 15.2. The number of amides is 1. The number of methoxy groups -OCH3 is 1. The summed E-state index contributed by atoms with van der Waals surface area (Å²) in [7, 11) is 1.61. The van der Waals surface area contributed by atoms with Gasteiger partial charge in [0.2, 0.25) is 0 Å². The molecule has 0 atom stereocenters. The maximum atomic E-state index is 13.2. The van der Waals surface area contributed by atoms with E-state index in [9.17, 15) is 9.18 Å². The van der Waals surface area contributed by atoms with E-state index in [4.69, 9.17) is 9.47 Å².